The van der Waals surface area contributed by atoms with Crippen molar-refractivity contribution in [3.05, 3.63) is 29.8 Å². The Kier molecular flexibility index (Phi) is 5.46. The quantitative estimate of drug-likeness (QED) is 0.512. The Hall–Kier alpha value is -0.690. The van der Waals surface area contributed by atoms with Crippen LogP contribution in [0.5, 0.6) is 5.75 Å². The van der Waals surface area contributed by atoms with E-state index in [9.17, 15) is 0 Å². The van der Waals surface area contributed by atoms with Crippen LogP contribution >= 0.6 is 11.6 Å². The van der Waals surface area contributed by atoms with Crippen molar-refractivity contribution in [3.8, 4) is 5.75 Å². The lowest BCUT2D eigenvalue weighted by Gasteiger charge is -2.06. The Bertz CT molecular complexity index is 260. The molecule has 1 nitrogen and oxygen atoms in total. The van der Waals surface area contributed by atoms with Gasteiger partial charge in [0, 0.05) is 5.88 Å². The highest BCUT2D eigenvalue weighted by molar-refractivity contribution is 6.17. The normalized spacial score (nSPS) is 10.1. The molecule has 0 saturated carbocycles. The van der Waals surface area contributed by atoms with E-state index in [1.165, 1.54) is 12.8 Å². The van der Waals surface area contributed by atoms with Crippen LogP contribution in [-0.2, 0) is 5.88 Å². The standard InChI is InChI=1S/C12H17ClO/c1-2-3-4-8-14-12-7-5-6-11(9-12)10-13/h5-7,9H,2-4,8,10H2,1H3. The summed E-state index contributed by atoms with van der Waals surface area (Å²) in [5.41, 5.74) is 1.11. The van der Waals surface area contributed by atoms with Gasteiger partial charge in [0.1, 0.15) is 5.75 Å². The fourth-order valence-electron chi connectivity index (χ4n) is 1.26. The van der Waals surface area contributed by atoms with E-state index in [2.05, 4.69) is 6.92 Å². The number of halogens is 1. The van der Waals surface area contributed by atoms with Crippen molar-refractivity contribution in [2.75, 3.05) is 6.61 Å². The molecule has 0 aliphatic heterocycles. The van der Waals surface area contributed by atoms with E-state index < -0.39 is 0 Å². The SMILES string of the molecule is CCCCCOc1cccc(CCl)c1. The molecule has 1 aromatic rings. The van der Waals surface area contributed by atoms with Crippen LogP contribution < -0.4 is 4.74 Å². The van der Waals surface area contributed by atoms with Crippen molar-refractivity contribution < 1.29 is 4.74 Å². The Balaban J connectivity index is 2.34. The summed E-state index contributed by atoms with van der Waals surface area (Å²) < 4.78 is 5.59. The first-order valence-corrected chi connectivity index (χ1v) is 5.68. The summed E-state index contributed by atoms with van der Waals surface area (Å²) in [4.78, 5) is 0. The summed E-state index contributed by atoms with van der Waals surface area (Å²) in [6, 6.07) is 7.96. The maximum atomic E-state index is 5.73. The molecule has 78 valence electrons. The highest BCUT2D eigenvalue weighted by Gasteiger charge is 1.95. The molecule has 0 spiro atoms. The zero-order chi connectivity index (χ0) is 10.2. The summed E-state index contributed by atoms with van der Waals surface area (Å²) in [6.45, 7) is 2.99. The number of rotatable bonds is 6. The van der Waals surface area contributed by atoms with Crippen LogP contribution in [-0.4, -0.2) is 6.61 Å². The zero-order valence-electron chi connectivity index (χ0n) is 8.63. The van der Waals surface area contributed by atoms with Gasteiger partial charge in [-0.05, 0) is 24.1 Å². The van der Waals surface area contributed by atoms with E-state index in [0.717, 1.165) is 24.3 Å². The molecule has 0 fully saturated rings. The molecule has 14 heavy (non-hydrogen) atoms. The van der Waals surface area contributed by atoms with Gasteiger partial charge in [-0.1, -0.05) is 31.9 Å². The number of hydrogen-bond acceptors (Lipinski definition) is 1. The number of unbranched alkanes of at least 4 members (excludes halogenated alkanes) is 2. The van der Waals surface area contributed by atoms with Gasteiger partial charge in [0.25, 0.3) is 0 Å². The predicted octanol–water partition coefficient (Wildman–Crippen LogP) is 3.99. The monoisotopic (exact) mass is 212 g/mol. The van der Waals surface area contributed by atoms with E-state index in [1.54, 1.807) is 0 Å². The molecule has 2 heteroatoms. The Morgan fingerprint density at radius 2 is 2.14 bits per heavy atom. The van der Waals surface area contributed by atoms with Gasteiger partial charge in [0.15, 0.2) is 0 Å². The lowest BCUT2D eigenvalue weighted by atomic mass is 10.2. The van der Waals surface area contributed by atoms with Crippen molar-refractivity contribution in [2.45, 2.75) is 32.1 Å². The van der Waals surface area contributed by atoms with Gasteiger partial charge >= 0.3 is 0 Å². The smallest absolute Gasteiger partial charge is 0.119 e. The van der Waals surface area contributed by atoms with Crippen LogP contribution in [0.4, 0.5) is 0 Å². The second kappa shape index (κ2) is 6.72. The van der Waals surface area contributed by atoms with E-state index in [0.29, 0.717) is 5.88 Å². The summed E-state index contributed by atoms with van der Waals surface area (Å²) in [5.74, 6) is 1.48. The second-order valence-electron chi connectivity index (χ2n) is 3.34. The topological polar surface area (TPSA) is 9.23 Å². The van der Waals surface area contributed by atoms with Gasteiger partial charge in [0.05, 0.1) is 6.61 Å². The van der Waals surface area contributed by atoms with Crippen molar-refractivity contribution in [1.82, 2.24) is 0 Å². The summed E-state index contributed by atoms with van der Waals surface area (Å²) in [6.07, 6.45) is 3.59. The van der Waals surface area contributed by atoms with Crippen LogP contribution in [0.1, 0.15) is 31.7 Å². The Morgan fingerprint density at radius 1 is 1.29 bits per heavy atom. The first-order valence-electron chi connectivity index (χ1n) is 5.14. The number of benzene rings is 1. The Labute approximate surface area is 91.0 Å². The van der Waals surface area contributed by atoms with Crippen molar-refractivity contribution in [2.24, 2.45) is 0 Å². The molecule has 0 N–H and O–H groups in total. The lowest BCUT2D eigenvalue weighted by molar-refractivity contribution is 0.306. The van der Waals surface area contributed by atoms with Crippen LogP contribution in [0, 0.1) is 0 Å². The highest BCUT2D eigenvalue weighted by Crippen LogP contribution is 2.15. The molecule has 0 radical (unpaired) electrons. The predicted molar refractivity (Wildman–Crippen MR) is 61.0 cm³/mol. The summed E-state index contributed by atoms with van der Waals surface area (Å²) in [5, 5.41) is 0. The molecule has 0 amide bonds. The van der Waals surface area contributed by atoms with Gasteiger partial charge in [-0.25, -0.2) is 0 Å². The summed E-state index contributed by atoms with van der Waals surface area (Å²) >= 11 is 5.73. The molecule has 0 heterocycles. The molecule has 0 saturated heterocycles. The highest BCUT2D eigenvalue weighted by atomic mass is 35.5. The van der Waals surface area contributed by atoms with E-state index in [4.69, 9.17) is 16.3 Å². The molecular weight excluding hydrogens is 196 g/mol. The minimum absolute atomic E-state index is 0.548. The van der Waals surface area contributed by atoms with E-state index in [-0.39, 0.29) is 0 Å². The minimum Gasteiger partial charge on any atom is -0.494 e. The zero-order valence-corrected chi connectivity index (χ0v) is 9.39. The third kappa shape index (κ3) is 4.01. The number of ether oxygens (including phenoxy) is 1. The second-order valence-corrected chi connectivity index (χ2v) is 3.60. The van der Waals surface area contributed by atoms with E-state index >= 15 is 0 Å². The molecule has 1 aromatic carbocycles. The largest absolute Gasteiger partial charge is 0.494 e. The minimum atomic E-state index is 0.548. The average molecular weight is 213 g/mol. The van der Waals surface area contributed by atoms with Crippen molar-refractivity contribution in [1.29, 1.82) is 0 Å². The fourth-order valence-corrected chi connectivity index (χ4v) is 1.43. The molecule has 0 aromatic heterocycles. The van der Waals surface area contributed by atoms with Crippen LogP contribution in [0.15, 0.2) is 24.3 Å². The number of hydrogen-bond donors (Lipinski definition) is 0. The van der Waals surface area contributed by atoms with Crippen molar-refractivity contribution >= 4 is 11.6 Å². The third-order valence-electron chi connectivity index (χ3n) is 2.07. The molecule has 0 aliphatic carbocycles. The first kappa shape index (κ1) is 11.4. The molecule has 0 atom stereocenters. The summed E-state index contributed by atoms with van der Waals surface area (Å²) in [7, 11) is 0. The first-order chi connectivity index (χ1) is 6.86. The fraction of sp³-hybridized carbons (Fsp3) is 0.500. The van der Waals surface area contributed by atoms with Crippen molar-refractivity contribution in [3.63, 3.8) is 0 Å². The number of alkyl halides is 1. The van der Waals surface area contributed by atoms with Gasteiger partial charge in [-0.15, -0.1) is 11.6 Å². The van der Waals surface area contributed by atoms with Crippen LogP contribution in [0.3, 0.4) is 0 Å². The molecule has 0 bridgehead atoms. The van der Waals surface area contributed by atoms with Gasteiger partial charge in [0.2, 0.25) is 0 Å². The molecule has 0 unspecified atom stereocenters. The van der Waals surface area contributed by atoms with Gasteiger partial charge < -0.3 is 4.74 Å². The van der Waals surface area contributed by atoms with Gasteiger partial charge in [-0.3, -0.25) is 0 Å². The Morgan fingerprint density at radius 3 is 2.86 bits per heavy atom. The van der Waals surface area contributed by atoms with Crippen LogP contribution in [0.2, 0.25) is 0 Å². The molecule has 1 rings (SSSR count). The third-order valence-corrected chi connectivity index (χ3v) is 2.38. The maximum absolute atomic E-state index is 5.73. The maximum Gasteiger partial charge on any atom is 0.119 e. The van der Waals surface area contributed by atoms with E-state index in [1.807, 2.05) is 24.3 Å². The van der Waals surface area contributed by atoms with Gasteiger partial charge in [-0.2, -0.15) is 0 Å². The molecule has 0 aliphatic rings. The van der Waals surface area contributed by atoms with Crippen LogP contribution in [0.25, 0.3) is 0 Å². The molecular formula is C12H17ClO. The lowest BCUT2D eigenvalue weighted by Crippen LogP contribution is -1.97. The average Bonchev–Trinajstić information content (AvgIpc) is 2.25.